The number of benzene rings is 1. The average Bonchev–Trinajstić information content (AvgIpc) is 2.96. The summed E-state index contributed by atoms with van der Waals surface area (Å²) in [6.07, 6.45) is 1.65. The number of thiocarbonyl (C=S) groups is 1. The Kier molecular flexibility index (Phi) is 8.24. The van der Waals surface area contributed by atoms with Gasteiger partial charge >= 0.3 is 5.97 Å². The average molecular weight is 453 g/mol. The summed E-state index contributed by atoms with van der Waals surface area (Å²) in [6, 6.07) is 4.30. The van der Waals surface area contributed by atoms with E-state index in [1.54, 1.807) is 45.2 Å². The van der Waals surface area contributed by atoms with Crippen LogP contribution < -0.4 is 14.8 Å². The Morgan fingerprint density at radius 1 is 1.27 bits per heavy atom. The van der Waals surface area contributed by atoms with Crippen LogP contribution in [0.3, 0.4) is 0 Å². The summed E-state index contributed by atoms with van der Waals surface area (Å²) in [4.78, 5) is 37.8. The fourth-order valence-corrected chi connectivity index (χ4v) is 4.07. The van der Waals surface area contributed by atoms with Gasteiger partial charge < -0.3 is 19.9 Å². The van der Waals surface area contributed by atoms with Gasteiger partial charge in [-0.1, -0.05) is 43.9 Å². The van der Waals surface area contributed by atoms with Crippen LogP contribution in [0.25, 0.3) is 6.08 Å². The highest BCUT2D eigenvalue weighted by Gasteiger charge is 2.32. The fraction of sp³-hybridized carbons (Fsp3) is 0.400. The normalized spacial score (nSPS) is 16.2. The van der Waals surface area contributed by atoms with Crippen LogP contribution in [0.5, 0.6) is 11.5 Å². The van der Waals surface area contributed by atoms with E-state index in [9.17, 15) is 19.5 Å². The Bertz CT molecular complexity index is 884. The van der Waals surface area contributed by atoms with Crippen LogP contribution in [-0.4, -0.2) is 58.9 Å². The minimum absolute atomic E-state index is 0.0490. The van der Waals surface area contributed by atoms with Crippen molar-refractivity contribution in [2.45, 2.75) is 26.3 Å². The number of ether oxygens (including phenoxy) is 2. The molecular weight excluding hydrogens is 428 g/mol. The van der Waals surface area contributed by atoms with Gasteiger partial charge in [-0.25, -0.2) is 4.79 Å². The van der Waals surface area contributed by atoms with E-state index in [1.807, 2.05) is 0 Å². The highest BCUT2D eigenvalue weighted by atomic mass is 32.2. The number of aliphatic carboxylic acids is 1. The van der Waals surface area contributed by atoms with Crippen molar-refractivity contribution in [3.05, 3.63) is 28.7 Å². The second-order valence-electron chi connectivity index (χ2n) is 6.83. The second-order valence-corrected chi connectivity index (χ2v) is 8.50. The maximum Gasteiger partial charge on any atom is 0.326 e. The van der Waals surface area contributed by atoms with E-state index >= 15 is 0 Å². The van der Waals surface area contributed by atoms with Crippen LogP contribution in [0.2, 0.25) is 0 Å². The lowest BCUT2D eigenvalue weighted by atomic mass is 10.0. The third-order valence-electron chi connectivity index (χ3n) is 4.39. The molecule has 1 fully saturated rings. The molecule has 1 aromatic rings. The number of nitrogens with one attached hydrogen (secondary N) is 1. The van der Waals surface area contributed by atoms with Crippen LogP contribution >= 0.6 is 24.0 Å². The van der Waals surface area contributed by atoms with Crippen LogP contribution in [0.1, 0.15) is 25.8 Å². The molecule has 1 saturated heterocycles. The molecule has 1 atom stereocenters. The third kappa shape index (κ3) is 5.73. The molecule has 2 rings (SSSR count). The summed E-state index contributed by atoms with van der Waals surface area (Å²) in [5.41, 5.74) is 0.743. The molecule has 0 aliphatic carbocycles. The Labute approximate surface area is 184 Å². The van der Waals surface area contributed by atoms with Crippen molar-refractivity contribution in [1.82, 2.24) is 10.2 Å². The first-order valence-electron chi connectivity index (χ1n) is 9.17. The quantitative estimate of drug-likeness (QED) is 0.435. The molecule has 8 nitrogen and oxygen atoms in total. The molecule has 30 heavy (non-hydrogen) atoms. The maximum absolute atomic E-state index is 12.7. The molecule has 0 spiro atoms. The van der Waals surface area contributed by atoms with Gasteiger partial charge in [0.05, 0.1) is 19.1 Å². The Morgan fingerprint density at radius 2 is 1.93 bits per heavy atom. The van der Waals surface area contributed by atoms with Crippen LogP contribution in [0, 0.1) is 5.92 Å². The van der Waals surface area contributed by atoms with E-state index < -0.39 is 17.9 Å². The first kappa shape index (κ1) is 23.7. The fourth-order valence-electron chi connectivity index (χ4n) is 2.76. The highest BCUT2D eigenvalue weighted by Crippen LogP contribution is 2.34. The van der Waals surface area contributed by atoms with Gasteiger partial charge in [-0.2, -0.15) is 0 Å². The van der Waals surface area contributed by atoms with Gasteiger partial charge in [-0.05, 0) is 29.7 Å². The van der Waals surface area contributed by atoms with Gasteiger partial charge in [0.2, 0.25) is 5.91 Å². The second kappa shape index (κ2) is 10.4. The minimum Gasteiger partial charge on any atom is -0.493 e. The third-order valence-corrected chi connectivity index (χ3v) is 5.77. The predicted molar refractivity (Wildman–Crippen MR) is 118 cm³/mol. The molecule has 0 saturated carbocycles. The van der Waals surface area contributed by atoms with Crippen LogP contribution in [-0.2, 0) is 14.4 Å². The monoisotopic (exact) mass is 452 g/mol. The molecule has 2 amide bonds. The van der Waals surface area contributed by atoms with Gasteiger partial charge in [-0.3, -0.25) is 14.5 Å². The van der Waals surface area contributed by atoms with Crippen LogP contribution in [0.4, 0.5) is 0 Å². The van der Waals surface area contributed by atoms with E-state index in [4.69, 9.17) is 21.7 Å². The number of methoxy groups -OCH3 is 2. The summed E-state index contributed by atoms with van der Waals surface area (Å²) in [5.74, 6) is -0.986. The number of carbonyl (C=O) groups is 3. The first-order valence-corrected chi connectivity index (χ1v) is 10.4. The number of carboxylic acid groups (broad SMARTS) is 1. The Morgan fingerprint density at radius 3 is 2.50 bits per heavy atom. The van der Waals surface area contributed by atoms with E-state index in [1.165, 1.54) is 12.0 Å². The lowest BCUT2D eigenvalue weighted by Crippen LogP contribution is -2.45. The smallest absolute Gasteiger partial charge is 0.326 e. The molecular formula is C20H24N2O6S2. The molecule has 1 aromatic carbocycles. The zero-order chi connectivity index (χ0) is 22.4. The van der Waals surface area contributed by atoms with E-state index in [-0.39, 0.29) is 24.8 Å². The van der Waals surface area contributed by atoms with Crippen LogP contribution in [0.15, 0.2) is 23.1 Å². The Balaban J connectivity index is 2.05. The standard InChI is InChI=1S/C20H24N2O6S2/c1-11(2)17(19(25)26)21-16(23)7-8-22-18(24)15(30-20(22)29)10-12-5-6-13(27-3)14(9-12)28-4/h5-6,9-11,17H,7-8H2,1-4H3,(H,21,23)(H,25,26)/b15-10+. The van der Waals surface area contributed by atoms with Gasteiger partial charge in [-0.15, -0.1) is 0 Å². The zero-order valence-electron chi connectivity index (χ0n) is 17.1. The van der Waals surface area contributed by atoms with Crippen molar-refractivity contribution in [1.29, 1.82) is 0 Å². The van der Waals surface area contributed by atoms with Gasteiger partial charge in [0.25, 0.3) is 5.91 Å². The van der Waals surface area contributed by atoms with Gasteiger partial charge in [0.15, 0.2) is 11.5 Å². The summed E-state index contributed by atoms with van der Waals surface area (Å²) in [6.45, 7) is 3.49. The number of amides is 2. The SMILES string of the molecule is COc1ccc(/C=C2/SC(=S)N(CCC(=O)NC(C(=O)O)C(C)C)C2=O)cc1OC. The molecule has 1 aliphatic rings. The lowest BCUT2D eigenvalue weighted by molar-refractivity contribution is -0.143. The maximum atomic E-state index is 12.7. The molecule has 1 unspecified atom stereocenters. The number of carboxylic acids is 1. The van der Waals surface area contributed by atoms with E-state index in [2.05, 4.69) is 5.32 Å². The van der Waals surface area contributed by atoms with Crippen molar-refractivity contribution in [3.63, 3.8) is 0 Å². The topological polar surface area (TPSA) is 105 Å². The molecule has 162 valence electrons. The summed E-state index contributed by atoms with van der Waals surface area (Å²) in [7, 11) is 3.07. The van der Waals surface area contributed by atoms with E-state index in [0.717, 1.165) is 17.3 Å². The Hall–Kier alpha value is -2.59. The van der Waals surface area contributed by atoms with Crippen molar-refractivity contribution in [2.24, 2.45) is 5.92 Å². The number of thioether (sulfide) groups is 1. The summed E-state index contributed by atoms with van der Waals surface area (Å²) < 4.78 is 10.8. The number of hydrogen-bond donors (Lipinski definition) is 2. The number of hydrogen-bond acceptors (Lipinski definition) is 7. The summed E-state index contributed by atoms with van der Waals surface area (Å²) >= 11 is 6.43. The number of rotatable bonds is 9. The predicted octanol–water partition coefficient (Wildman–Crippen LogP) is 2.52. The number of carbonyl (C=O) groups excluding carboxylic acids is 2. The minimum atomic E-state index is -1.10. The molecule has 0 aromatic heterocycles. The molecule has 1 heterocycles. The number of nitrogens with zero attached hydrogens (tertiary/aromatic N) is 1. The molecule has 0 radical (unpaired) electrons. The van der Waals surface area contributed by atoms with Crippen molar-refractivity contribution in [3.8, 4) is 11.5 Å². The van der Waals surface area contributed by atoms with Crippen molar-refractivity contribution < 1.29 is 29.0 Å². The molecule has 10 heteroatoms. The van der Waals surface area contributed by atoms with Crippen molar-refractivity contribution in [2.75, 3.05) is 20.8 Å². The largest absolute Gasteiger partial charge is 0.493 e. The lowest BCUT2D eigenvalue weighted by Gasteiger charge is -2.19. The zero-order valence-corrected chi connectivity index (χ0v) is 18.8. The molecule has 2 N–H and O–H groups in total. The summed E-state index contributed by atoms with van der Waals surface area (Å²) in [5, 5.41) is 11.7. The van der Waals surface area contributed by atoms with Gasteiger partial charge in [0, 0.05) is 13.0 Å². The van der Waals surface area contributed by atoms with E-state index in [0.29, 0.717) is 20.7 Å². The van der Waals surface area contributed by atoms with Crippen molar-refractivity contribution >= 4 is 52.2 Å². The molecule has 1 aliphatic heterocycles. The highest BCUT2D eigenvalue weighted by molar-refractivity contribution is 8.26. The molecule has 0 bridgehead atoms. The van der Waals surface area contributed by atoms with Gasteiger partial charge in [0.1, 0.15) is 10.4 Å². The first-order chi connectivity index (χ1) is 14.2.